The Balaban J connectivity index is 1.88. The zero-order chi connectivity index (χ0) is 18.9. The molecule has 0 saturated carbocycles. The number of amides is 1. The van der Waals surface area contributed by atoms with Crippen LogP contribution in [0, 0.1) is 6.92 Å². The molecule has 1 aromatic carbocycles. The fourth-order valence-corrected chi connectivity index (χ4v) is 3.90. The third kappa shape index (κ3) is 3.35. The minimum atomic E-state index is -3.82. The highest BCUT2D eigenvalue weighted by molar-refractivity contribution is 7.90. The van der Waals surface area contributed by atoms with Crippen LogP contribution in [-0.2, 0) is 19.6 Å². The van der Waals surface area contributed by atoms with Crippen LogP contribution < -0.4 is 0 Å². The van der Waals surface area contributed by atoms with Gasteiger partial charge in [0.15, 0.2) is 6.04 Å². The van der Waals surface area contributed by atoms with Crippen molar-refractivity contribution in [2.75, 3.05) is 19.8 Å². The van der Waals surface area contributed by atoms with Crippen LogP contribution in [0.1, 0.15) is 15.9 Å². The van der Waals surface area contributed by atoms with E-state index in [9.17, 15) is 23.1 Å². The van der Waals surface area contributed by atoms with E-state index in [1.54, 1.807) is 12.1 Å². The third-order valence-corrected chi connectivity index (χ3v) is 5.84. The summed E-state index contributed by atoms with van der Waals surface area (Å²) in [6.45, 7) is 2.12. The second-order valence-electron chi connectivity index (χ2n) is 5.98. The number of morpholine rings is 1. The summed E-state index contributed by atoms with van der Waals surface area (Å²) in [5.41, 5.74) is 1.04. The smallest absolute Gasteiger partial charge is 0.328 e. The minimum absolute atomic E-state index is 0.0938. The first-order chi connectivity index (χ1) is 12.3. The lowest BCUT2D eigenvalue weighted by Crippen LogP contribution is -2.52. The van der Waals surface area contributed by atoms with E-state index in [-0.39, 0.29) is 30.2 Å². The first-order valence-corrected chi connectivity index (χ1v) is 9.36. The molecule has 0 radical (unpaired) electrons. The van der Waals surface area contributed by atoms with Gasteiger partial charge in [0.1, 0.15) is 0 Å². The van der Waals surface area contributed by atoms with Gasteiger partial charge < -0.3 is 14.7 Å². The van der Waals surface area contributed by atoms with E-state index in [1.807, 2.05) is 6.92 Å². The second-order valence-corrected chi connectivity index (χ2v) is 7.82. The van der Waals surface area contributed by atoms with E-state index in [4.69, 9.17) is 4.74 Å². The molecule has 2 heterocycles. The molecule has 1 unspecified atom stereocenters. The van der Waals surface area contributed by atoms with Crippen molar-refractivity contribution < 1.29 is 27.9 Å². The SMILES string of the molecule is Cc1ccc(S(=O)(=O)n2ccc(C(=O)N3CCOCC3C(=O)O)c2)cc1. The van der Waals surface area contributed by atoms with Gasteiger partial charge in [-0.2, -0.15) is 0 Å². The summed E-state index contributed by atoms with van der Waals surface area (Å²) in [6.07, 6.45) is 2.48. The zero-order valence-electron chi connectivity index (χ0n) is 14.0. The number of carbonyl (C=O) groups is 2. The average molecular weight is 378 g/mol. The fourth-order valence-electron chi connectivity index (χ4n) is 2.70. The number of aliphatic carboxylic acids is 1. The third-order valence-electron chi connectivity index (χ3n) is 4.19. The molecule has 1 saturated heterocycles. The normalized spacial score (nSPS) is 17.9. The molecule has 8 nitrogen and oxygen atoms in total. The number of hydrogen-bond donors (Lipinski definition) is 1. The number of carboxylic acids is 1. The molecule has 26 heavy (non-hydrogen) atoms. The molecule has 138 valence electrons. The van der Waals surface area contributed by atoms with Gasteiger partial charge in [-0.25, -0.2) is 17.2 Å². The van der Waals surface area contributed by atoms with Gasteiger partial charge in [0.25, 0.3) is 15.9 Å². The van der Waals surface area contributed by atoms with Crippen LogP contribution in [0.5, 0.6) is 0 Å². The zero-order valence-corrected chi connectivity index (χ0v) is 14.8. The second kappa shape index (κ2) is 6.93. The van der Waals surface area contributed by atoms with Gasteiger partial charge in [-0.15, -0.1) is 0 Å². The quantitative estimate of drug-likeness (QED) is 0.849. The minimum Gasteiger partial charge on any atom is -0.480 e. The number of ether oxygens (including phenoxy) is 1. The number of carboxylic acid groups (broad SMARTS) is 1. The first-order valence-electron chi connectivity index (χ1n) is 7.92. The molecule has 1 amide bonds. The maximum Gasteiger partial charge on any atom is 0.328 e. The van der Waals surface area contributed by atoms with Gasteiger partial charge in [-0.1, -0.05) is 17.7 Å². The molecule has 0 aliphatic carbocycles. The Kier molecular flexibility index (Phi) is 4.84. The number of carbonyl (C=O) groups excluding carboxylic acids is 1. The molecule has 1 N–H and O–H groups in total. The molecule has 1 aromatic heterocycles. The van der Waals surface area contributed by atoms with E-state index in [1.165, 1.54) is 35.5 Å². The molecule has 0 bridgehead atoms. The first kappa shape index (κ1) is 18.2. The van der Waals surface area contributed by atoms with E-state index in [0.29, 0.717) is 0 Å². The Morgan fingerprint density at radius 1 is 1.19 bits per heavy atom. The van der Waals surface area contributed by atoms with Crippen molar-refractivity contribution in [1.82, 2.24) is 8.87 Å². The van der Waals surface area contributed by atoms with E-state index in [0.717, 1.165) is 9.54 Å². The Hall–Kier alpha value is -2.65. The van der Waals surface area contributed by atoms with Crippen molar-refractivity contribution in [2.24, 2.45) is 0 Å². The lowest BCUT2D eigenvalue weighted by molar-refractivity contribution is -0.147. The summed E-state index contributed by atoms with van der Waals surface area (Å²) in [4.78, 5) is 25.2. The van der Waals surface area contributed by atoms with Crippen LogP contribution in [0.2, 0.25) is 0 Å². The number of aryl methyl sites for hydroxylation is 1. The van der Waals surface area contributed by atoms with Crippen molar-refractivity contribution in [1.29, 1.82) is 0 Å². The monoisotopic (exact) mass is 378 g/mol. The predicted molar refractivity (Wildman–Crippen MR) is 91.5 cm³/mol. The standard InChI is InChI=1S/C17H18N2O6S/c1-12-2-4-14(5-3-12)26(23,24)18-7-6-13(10-18)16(20)19-8-9-25-11-15(19)17(21)22/h2-7,10,15H,8-9,11H2,1H3,(H,21,22). The molecule has 3 rings (SSSR count). The fraction of sp³-hybridized carbons (Fsp3) is 0.294. The summed E-state index contributed by atoms with van der Waals surface area (Å²) < 4.78 is 31.4. The van der Waals surface area contributed by atoms with Gasteiger partial charge in [-0.05, 0) is 25.1 Å². The molecular formula is C17H18N2O6S. The molecular weight excluding hydrogens is 360 g/mol. The van der Waals surface area contributed by atoms with Crippen molar-refractivity contribution in [3.05, 3.63) is 53.9 Å². The summed E-state index contributed by atoms with van der Waals surface area (Å²) in [5, 5.41) is 9.23. The maximum atomic E-state index is 12.7. The van der Waals surface area contributed by atoms with Gasteiger partial charge in [0.2, 0.25) is 0 Å². The lowest BCUT2D eigenvalue weighted by Gasteiger charge is -2.32. The van der Waals surface area contributed by atoms with Crippen LogP contribution in [0.4, 0.5) is 0 Å². The highest BCUT2D eigenvalue weighted by Crippen LogP contribution is 2.18. The van der Waals surface area contributed by atoms with Crippen molar-refractivity contribution in [2.45, 2.75) is 17.9 Å². The number of benzene rings is 1. The molecule has 9 heteroatoms. The van der Waals surface area contributed by atoms with Gasteiger partial charge in [0, 0.05) is 18.9 Å². The molecule has 1 atom stereocenters. The van der Waals surface area contributed by atoms with Crippen LogP contribution in [0.15, 0.2) is 47.6 Å². The van der Waals surface area contributed by atoms with Crippen molar-refractivity contribution in [3.8, 4) is 0 Å². The number of rotatable bonds is 4. The van der Waals surface area contributed by atoms with E-state index >= 15 is 0 Å². The molecule has 2 aromatic rings. The number of nitrogens with zero attached hydrogens (tertiary/aromatic N) is 2. The van der Waals surface area contributed by atoms with E-state index in [2.05, 4.69) is 0 Å². The Morgan fingerprint density at radius 2 is 1.88 bits per heavy atom. The van der Waals surface area contributed by atoms with Gasteiger partial charge in [0.05, 0.1) is 23.7 Å². The Labute approximate surface area is 150 Å². The van der Waals surface area contributed by atoms with Crippen LogP contribution in [0.3, 0.4) is 0 Å². The number of hydrogen-bond acceptors (Lipinski definition) is 5. The molecule has 0 spiro atoms. The van der Waals surface area contributed by atoms with Crippen LogP contribution in [-0.4, -0.2) is 60.1 Å². The lowest BCUT2D eigenvalue weighted by atomic mass is 10.2. The largest absolute Gasteiger partial charge is 0.480 e. The van der Waals surface area contributed by atoms with Crippen LogP contribution in [0.25, 0.3) is 0 Å². The molecule has 1 aliphatic rings. The van der Waals surface area contributed by atoms with Gasteiger partial charge >= 0.3 is 5.97 Å². The number of aromatic nitrogens is 1. The maximum absolute atomic E-state index is 12.7. The predicted octanol–water partition coefficient (Wildman–Crippen LogP) is 0.959. The summed E-state index contributed by atoms with van der Waals surface area (Å²) in [5.74, 6) is -1.71. The summed E-state index contributed by atoms with van der Waals surface area (Å²) in [6, 6.07) is 6.64. The molecule has 1 aliphatic heterocycles. The highest BCUT2D eigenvalue weighted by atomic mass is 32.2. The average Bonchev–Trinajstić information content (AvgIpc) is 3.12. The van der Waals surface area contributed by atoms with Crippen LogP contribution >= 0.6 is 0 Å². The highest BCUT2D eigenvalue weighted by Gasteiger charge is 2.33. The van der Waals surface area contributed by atoms with Gasteiger partial charge in [-0.3, -0.25) is 4.79 Å². The summed E-state index contributed by atoms with van der Waals surface area (Å²) in [7, 11) is -3.82. The van der Waals surface area contributed by atoms with Crippen molar-refractivity contribution in [3.63, 3.8) is 0 Å². The van der Waals surface area contributed by atoms with E-state index < -0.39 is 27.9 Å². The summed E-state index contributed by atoms with van der Waals surface area (Å²) >= 11 is 0. The Morgan fingerprint density at radius 3 is 2.54 bits per heavy atom. The molecule has 1 fully saturated rings. The van der Waals surface area contributed by atoms with Crippen molar-refractivity contribution >= 4 is 21.9 Å². The Bertz CT molecular complexity index is 932. The topological polar surface area (TPSA) is 106 Å².